The van der Waals surface area contributed by atoms with Gasteiger partial charge in [-0.2, -0.15) is 0 Å². The van der Waals surface area contributed by atoms with Gasteiger partial charge in [0.15, 0.2) is 5.11 Å². The van der Waals surface area contributed by atoms with Gasteiger partial charge in [-0.1, -0.05) is 39.0 Å². The van der Waals surface area contributed by atoms with E-state index in [0.717, 1.165) is 37.6 Å². The first-order valence-electron chi connectivity index (χ1n) is 10.1. The van der Waals surface area contributed by atoms with Gasteiger partial charge in [0.25, 0.3) is 5.91 Å². The molecule has 1 aliphatic rings. The number of hydrogen-bond acceptors (Lipinski definition) is 4. The number of hydrogen-bond donors (Lipinski definition) is 2. The Hall–Kier alpha value is -2.93. The summed E-state index contributed by atoms with van der Waals surface area (Å²) in [6.07, 6.45) is 0. The number of carbonyl (C=O) groups excluding carboxylic acids is 2. The third kappa shape index (κ3) is 5.57. The molecule has 0 saturated carbocycles. The lowest BCUT2D eigenvalue weighted by molar-refractivity contribution is -0.139. The highest BCUT2D eigenvalue weighted by Crippen LogP contribution is 2.22. The number of benzene rings is 2. The van der Waals surface area contributed by atoms with E-state index < -0.39 is 0 Å². The van der Waals surface area contributed by atoms with Crippen molar-refractivity contribution in [3.8, 4) is 0 Å². The summed E-state index contributed by atoms with van der Waals surface area (Å²) in [5.41, 5.74) is 2.12. The summed E-state index contributed by atoms with van der Waals surface area (Å²) >= 11 is 5.25. The van der Waals surface area contributed by atoms with Gasteiger partial charge in [-0.3, -0.25) is 14.9 Å². The van der Waals surface area contributed by atoms with E-state index in [1.807, 2.05) is 68.1 Å². The molecule has 158 valence electrons. The molecule has 0 aromatic heterocycles. The molecule has 0 bridgehead atoms. The number of nitrogens with zero attached hydrogens (tertiary/aromatic N) is 2. The van der Waals surface area contributed by atoms with Crippen molar-refractivity contribution in [2.45, 2.75) is 20.8 Å². The molecule has 2 aromatic carbocycles. The van der Waals surface area contributed by atoms with Gasteiger partial charge in [0, 0.05) is 48.5 Å². The Kier molecular flexibility index (Phi) is 6.72. The van der Waals surface area contributed by atoms with Crippen LogP contribution in [0, 0.1) is 5.41 Å². The maximum Gasteiger partial charge on any atom is 0.257 e. The number of rotatable bonds is 3. The van der Waals surface area contributed by atoms with E-state index in [1.54, 1.807) is 12.1 Å². The average Bonchev–Trinajstić information content (AvgIpc) is 2.74. The van der Waals surface area contributed by atoms with Crippen LogP contribution in [0.15, 0.2) is 54.6 Å². The van der Waals surface area contributed by atoms with Crippen molar-refractivity contribution in [1.29, 1.82) is 0 Å². The molecular formula is C23H28N4O2S. The van der Waals surface area contributed by atoms with E-state index >= 15 is 0 Å². The van der Waals surface area contributed by atoms with Crippen LogP contribution < -0.4 is 15.5 Å². The summed E-state index contributed by atoms with van der Waals surface area (Å²) in [6, 6.07) is 16.9. The Balaban J connectivity index is 1.51. The lowest BCUT2D eigenvalue weighted by Gasteiger charge is -2.38. The van der Waals surface area contributed by atoms with Crippen LogP contribution in [0.5, 0.6) is 0 Å². The molecule has 0 spiro atoms. The van der Waals surface area contributed by atoms with E-state index in [-0.39, 0.29) is 22.3 Å². The minimum Gasteiger partial charge on any atom is -0.368 e. The molecule has 30 heavy (non-hydrogen) atoms. The van der Waals surface area contributed by atoms with Crippen molar-refractivity contribution in [3.63, 3.8) is 0 Å². The van der Waals surface area contributed by atoms with Crippen molar-refractivity contribution in [2.24, 2.45) is 5.41 Å². The van der Waals surface area contributed by atoms with Crippen LogP contribution >= 0.6 is 12.2 Å². The minimum atomic E-state index is -0.343. The molecular weight excluding hydrogens is 396 g/mol. The molecule has 3 rings (SSSR count). The number of anilines is 2. The van der Waals surface area contributed by atoms with Crippen molar-refractivity contribution < 1.29 is 9.59 Å². The molecule has 1 aliphatic heterocycles. The molecule has 2 aromatic rings. The maximum absolute atomic E-state index is 12.4. The molecule has 0 radical (unpaired) electrons. The van der Waals surface area contributed by atoms with E-state index in [2.05, 4.69) is 15.5 Å². The van der Waals surface area contributed by atoms with Crippen molar-refractivity contribution in [3.05, 3.63) is 60.2 Å². The molecule has 2 N–H and O–H groups in total. The van der Waals surface area contributed by atoms with Gasteiger partial charge in [-0.15, -0.1) is 0 Å². The zero-order valence-electron chi connectivity index (χ0n) is 17.6. The van der Waals surface area contributed by atoms with Crippen LogP contribution in [-0.4, -0.2) is 48.0 Å². The van der Waals surface area contributed by atoms with Crippen molar-refractivity contribution >= 4 is 40.5 Å². The summed E-state index contributed by atoms with van der Waals surface area (Å²) in [7, 11) is 0. The molecule has 1 heterocycles. The lowest BCUT2D eigenvalue weighted by Crippen LogP contribution is -2.51. The molecule has 0 aliphatic carbocycles. The van der Waals surface area contributed by atoms with Crippen molar-refractivity contribution in [2.75, 3.05) is 36.4 Å². The van der Waals surface area contributed by atoms with Crippen LogP contribution in [0.25, 0.3) is 0 Å². The molecule has 1 saturated heterocycles. The highest BCUT2D eigenvalue weighted by molar-refractivity contribution is 7.80. The predicted octanol–water partition coefficient (Wildman–Crippen LogP) is 3.51. The summed E-state index contributed by atoms with van der Waals surface area (Å²) in [6.45, 7) is 8.94. The Morgan fingerprint density at radius 2 is 1.50 bits per heavy atom. The topological polar surface area (TPSA) is 64.7 Å². The quantitative estimate of drug-likeness (QED) is 0.739. The van der Waals surface area contributed by atoms with Gasteiger partial charge in [-0.25, -0.2) is 0 Å². The summed E-state index contributed by atoms with van der Waals surface area (Å²) in [5, 5.41) is 5.98. The molecule has 7 heteroatoms. The molecule has 1 fully saturated rings. The highest BCUT2D eigenvalue weighted by atomic mass is 32.1. The Morgan fingerprint density at radius 3 is 2.07 bits per heavy atom. The van der Waals surface area contributed by atoms with E-state index in [9.17, 15) is 9.59 Å². The first kappa shape index (κ1) is 21.8. The van der Waals surface area contributed by atoms with Gasteiger partial charge >= 0.3 is 0 Å². The zero-order chi connectivity index (χ0) is 21.7. The first-order valence-corrected chi connectivity index (χ1v) is 10.5. The SMILES string of the molecule is CC(C)(C)C(=O)N1CCN(c2ccc(NC(=S)NC(=O)c3ccccc3)cc2)CC1. The van der Waals surface area contributed by atoms with Gasteiger partial charge < -0.3 is 15.1 Å². The first-order chi connectivity index (χ1) is 14.2. The standard InChI is InChI=1S/C23H28N4O2S/c1-23(2,3)21(29)27-15-13-26(14-16-27)19-11-9-18(10-12-19)24-22(30)25-20(28)17-7-5-4-6-8-17/h4-12H,13-16H2,1-3H3,(H2,24,25,28,30). The minimum absolute atomic E-state index is 0.202. The molecule has 0 unspecified atom stereocenters. The number of nitrogens with one attached hydrogen (secondary N) is 2. The number of thiocarbonyl (C=S) groups is 1. The van der Waals surface area contributed by atoms with E-state index in [4.69, 9.17) is 12.2 Å². The lowest BCUT2D eigenvalue weighted by atomic mass is 9.94. The van der Waals surface area contributed by atoms with Gasteiger partial charge in [0.1, 0.15) is 0 Å². The van der Waals surface area contributed by atoms with E-state index in [0.29, 0.717) is 5.56 Å². The Morgan fingerprint density at radius 1 is 0.900 bits per heavy atom. The van der Waals surface area contributed by atoms with E-state index in [1.165, 1.54) is 0 Å². The molecule has 0 atom stereocenters. The number of carbonyl (C=O) groups is 2. The number of amides is 2. The second kappa shape index (κ2) is 9.26. The van der Waals surface area contributed by atoms with Crippen LogP contribution in [-0.2, 0) is 4.79 Å². The van der Waals surface area contributed by atoms with Gasteiger partial charge in [-0.05, 0) is 48.6 Å². The second-order valence-electron chi connectivity index (χ2n) is 8.35. The maximum atomic E-state index is 12.4. The van der Waals surface area contributed by atoms with Crippen molar-refractivity contribution in [1.82, 2.24) is 10.2 Å². The Bertz CT molecular complexity index is 899. The summed E-state index contributed by atoms with van der Waals surface area (Å²) in [5.74, 6) is -0.0415. The fraction of sp³-hybridized carbons (Fsp3) is 0.348. The average molecular weight is 425 g/mol. The highest BCUT2D eigenvalue weighted by Gasteiger charge is 2.29. The monoisotopic (exact) mass is 424 g/mol. The fourth-order valence-electron chi connectivity index (χ4n) is 3.32. The fourth-order valence-corrected chi connectivity index (χ4v) is 3.54. The van der Waals surface area contributed by atoms with Crippen LogP contribution in [0.1, 0.15) is 31.1 Å². The molecule has 2 amide bonds. The zero-order valence-corrected chi connectivity index (χ0v) is 18.5. The normalized spacial score (nSPS) is 14.2. The summed E-state index contributed by atoms with van der Waals surface area (Å²) in [4.78, 5) is 28.8. The van der Waals surface area contributed by atoms with Gasteiger partial charge in [0.2, 0.25) is 5.91 Å². The largest absolute Gasteiger partial charge is 0.368 e. The third-order valence-corrected chi connectivity index (χ3v) is 5.17. The third-order valence-electron chi connectivity index (χ3n) is 4.96. The summed E-state index contributed by atoms with van der Waals surface area (Å²) < 4.78 is 0. The van der Waals surface area contributed by atoms with Gasteiger partial charge in [0.05, 0.1) is 0 Å². The second-order valence-corrected chi connectivity index (χ2v) is 8.76. The van der Waals surface area contributed by atoms with Crippen LogP contribution in [0.2, 0.25) is 0 Å². The smallest absolute Gasteiger partial charge is 0.257 e. The van der Waals surface area contributed by atoms with Crippen LogP contribution in [0.4, 0.5) is 11.4 Å². The molecule has 6 nitrogen and oxygen atoms in total. The number of piperazine rings is 1. The Labute approximate surface area is 183 Å². The predicted molar refractivity (Wildman–Crippen MR) is 125 cm³/mol. The van der Waals surface area contributed by atoms with Crippen LogP contribution in [0.3, 0.4) is 0 Å².